The molecular weight excluding hydrogens is 374 g/mol. The molecule has 0 unspecified atom stereocenters. The van der Waals surface area contributed by atoms with Gasteiger partial charge in [-0.3, -0.25) is 4.79 Å². The van der Waals surface area contributed by atoms with Gasteiger partial charge in [0.25, 0.3) is 0 Å². The first-order valence-electron chi connectivity index (χ1n) is 8.05. The molecule has 3 rings (SSSR count). The number of aromatic nitrogens is 1. The van der Waals surface area contributed by atoms with E-state index in [1.165, 1.54) is 0 Å². The molecule has 6 nitrogen and oxygen atoms in total. The molecule has 2 aromatic rings. The van der Waals surface area contributed by atoms with Crippen molar-refractivity contribution in [3.8, 4) is 0 Å². The van der Waals surface area contributed by atoms with Crippen LogP contribution in [0.15, 0.2) is 28.7 Å². The summed E-state index contributed by atoms with van der Waals surface area (Å²) in [4.78, 5) is 26.2. The molecule has 1 saturated carbocycles. The lowest BCUT2D eigenvalue weighted by molar-refractivity contribution is -0.142. The number of halogens is 1. The zero-order chi connectivity index (χ0) is 17.1. The molecule has 1 heterocycles. The second kappa shape index (κ2) is 7.25. The highest BCUT2D eigenvalue weighted by Crippen LogP contribution is 2.24. The van der Waals surface area contributed by atoms with Gasteiger partial charge in [-0.2, -0.15) is 0 Å². The van der Waals surface area contributed by atoms with Crippen molar-refractivity contribution < 1.29 is 14.7 Å². The lowest BCUT2D eigenvalue weighted by Gasteiger charge is -2.26. The summed E-state index contributed by atoms with van der Waals surface area (Å²) in [6, 6.07) is 7.84. The van der Waals surface area contributed by atoms with Crippen molar-refractivity contribution in [1.82, 2.24) is 15.6 Å². The fraction of sp³-hybridized carbons (Fsp3) is 0.412. The van der Waals surface area contributed by atoms with Crippen LogP contribution in [0.25, 0.3) is 10.9 Å². The Balaban J connectivity index is 1.47. The first-order chi connectivity index (χ1) is 11.5. The molecule has 128 valence electrons. The molecule has 4 N–H and O–H groups in total. The van der Waals surface area contributed by atoms with E-state index in [2.05, 4.69) is 31.5 Å². The zero-order valence-corrected chi connectivity index (χ0v) is 14.7. The SMILES string of the molecule is O=C(NCc1cc2cc(Br)ccc2[nH]1)NC1CCC(C(=O)O)CC1. The number of fused-ring (bicyclic) bond motifs is 1. The number of benzene rings is 1. The summed E-state index contributed by atoms with van der Waals surface area (Å²) < 4.78 is 1.02. The van der Waals surface area contributed by atoms with Gasteiger partial charge in [-0.25, -0.2) is 4.79 Å². The van der Waals surface area contributed by atoms with Gasteiger partial charge in [0, 0.05) is 27.1 Å². The Morgan fingerprint density at radius 3 is 2.67 bits per heavy atom. The van der Waals surface area contributed by atoms with Crippen LogP contribution in [-0.2, 0) is 11.3 Å². The Labute approximate surface area is 148 Å². The molecule has 1 aliphatic rings. The van der Waals surface area contributed by atoms with Crippen LogP contribution in [0.4, 0.5) is 4.79 Å². The van der Waals surface area contributed by atoms with E-state index in [-0.39, 0.29) is 18.0 Å². The van der Waals surface area contributed by atoms with Gasteiger partial charge in [0.1, 0.15) is 0 Å². The normalized spacial score (nSPS) is 20.7. The van der Waals surface area contributed by atoms with Crippen LogP contribution in [0.3, 0.4) is 0 Å². The Hall–Kier alpha value is -2.02. The lowest BCUT2D eigenvalue weighted by atomic mass is 9.86. The molecule has 1 aromatic carbocycles. The molecule has 0 aliphatic heterocycles. The van der Waals surface area contributed by atoms with Gasteiger partial charge in [-0.15, -0.1) is 0 Å². The summed E-state index contributed by atoms with van der Waals surface area (Å²) in [6.07, 6.45) is 2.67. The number of rotatable bonds is 4. The fourth-order valence-corrected chi connectivity index (χ4v) is 3.53. The maximum Gasteiger partial charge on any atom is 0.315 e. The average Bonchev–Trinajstić information content (AvgIpc) is 2.95. The second-order valence-electron chi connectivity index (χ2n) is 6.24. The van der Waals surface area contributed by atoms with Gasteiger partial charge in [0.05, 0.1) is 12.5 Å². The third-order valence-corrected chi connectivity index (χ3v) is 4.98. The van der Waals surface area contributed by atoms with E-state index in [0.29, 0.717) is 32.2 Å². The Morgan fingerprint density at radius 1 is 1.21 bits per heavy atom. The molecule has 24 heavy (non-hydrogen) atoms. The van der Waals surface area contributed by atoms with Crippen molar-refractivity contribution in [2.24, 2.45) is 5.92 Å². The number of nitrogens with one attached hydrogen (secondary N) is 3. The van der Waals surface area contributed by atoms with E-state index in [1.807, 2.05) is 24.3 Å². The van der Waals surface area contributed by atoms with E-state index in [0.717, 1.165) is 21.1 Å². The number of carboxylic acid groups (broad SMARTS) is 1. The smallest absolute Gasteiger partial charge is 0.315 e. The summed E-state index contributed by atoms with van der Waals surface area (Å²) in [5.41, 5.74) is 1.97. The number of hydrogen-bond acceptors (Lipinski definition) is 2. The standard InChI is InChI=1S/C17H20BrN3O3/c18-12-3-6-15-11(7-12)8-14(20-15)9-19-17(24)21-13-4-1-10(2-5-13)16(22)23/h3,6-8,10,13,20H,1-2,4-5,9H2,(H,22,23)(H2,19,21,24). The summed E-state index contributed by atoms with van der Waals surface area (Å²) >= 11 is 3.44. The molecule has 1 aromatic heterocycles. The minimum absolute atomic E-state index is 0.0549. The third-order valence-electron chi connectivity index (χ3n) is 4.49. The number of carbonyl (C=O) groups excluding carboxylic acids is 1. The van der Waals surface area contributed by atoms with E-state index < -0.39 is 5.97 Å². The summed E-state index contributed by atoms with van der Waals surface area (Å²) in [5, 5.41) is 15.9. The topological polar surface area (TPSA) is 94.2 Å². The van der Waals surface area contributed by atoms with E-state index in [4.69, 9.17) is 5.11 Å². The van der Waals surface area contributed by atoms with Crippen LogP contribution in [0.5, 0.6) is 0 Å². The number of H-pyrrole nitrogens is 1. The van der Waals surface area contributed by atoms with Crippen molar-refractivity contribution in [1.29, 1.82) is 0 Å². The number of amides is 2. The molecule has 0 atom stereocenters. The highest BCUT2D eigenvalue weighted by Gasteiger charge is 2.26. The number of hydrogen-bond donors (Lipinski definition) is 4. The number of carbonyl (C=O) groups is 2. The van der Waals surface area contributed by atoms with E-state index in [1.54, 1.807) is 0 Å². The maximum atomic E-state index is 12.0. The molecule has 0 spiro atoms. The third kappa shape index (κ3) is 4.08. The van der Waals surface area contributed by atoms with Gasteiger partial charge in [-0.1, -0.05) is 15.9 Å². The lowest BCUT2D eigenvalue weighted by Crippen LogP contribution is -2.43. The number of carboxylic acids is 1. The molecular formula is C17H20BrN3O3. The minimum Gasteiger partial charge on any atom is -0.481 e. The van der Waals surface area contributed by atoms with Crippen LogP contribution >= 0.6 is 15.9 Å². The maximum absolute atomic E-state index is 12.0. The quantitative estimate of drug-likeness (QED) is 0.641. The molecule has 1 fully saturated rings. The van der Waals surface area contributed by atoms with Crippen molar-refractivity contribution in [3.05, 3.63) is 34.4 Å². The van der Waals surface area contributed by atoms with E-state index >= 15 is 0 Å². The number of aromatic amines is 1. The Bertz CT molecular complexity index is 751. The van der Waals surface area contributed by atoms with Gasteiger partial charge >= 0.3 is 12.0 Å². The van der Waals surface area contributed by atoms with Crippen molar-refractivity contribution in [2.75, 3.05) is 0 Å². The summed E-state index contributed by atoms with van der Waals surface area (Å²) in [6.45, 7) is 0.419. The van der Waals surface area contributed by atoms with Gasteiger partial charge in [-0.05, 0) is 49.9 Å². The van der Waals surface area contributed by atoms with Crippen LogP contribution in [0.1, 0.15) is 31.4 Å². The van der Waals surface area contributed by atoms with Crippen molar-refractivity contribution in [3.63, 3.8) is 0 Å². The minimum atomic E-state index is -0.733. The largest absolute Gasteiger partial charge is 0.481 e. The summed E-state index contributed by atoms with van der Waals surface area (Å²) in [5.74, 6) is -1.000. The van der Waals surface area contributed by atoms with E-state index in [9.17, 15) is 9.59 Å². The zero-order valence-electron chi connectivity index (χ0n) is 13.1. The van der Waals surface area contributed by atoms with Crippen LogP contribution < -0.4 is 10.6 Å². The second-order valence-corrected chi connectivity index (χ2v) is 7.16. The van der Waals surface area contributed by atoms with Gasteiger partial charge < -0.3 is 20.7 Å². The first-order valence-corrected chi connectivity index (χ1v) is 8.85. The summed E-state index contributed by atoms with van der Waals surface area (Å²) in [7, 11) is 0. The number of urea groups is 1. The molecule has 0 saturated heterocycles. The van der Waals surface area contributed by atoms with Gasteiger partial charge in [0.2, 0.25) is 0 Å². The predicted molar refractivity (Wildman–Crippen MR) is 94.8 cm³/mol. The predicted octanol–water partition coefficient (Wildman–Crippen LogP) is 3.37. The van der Waals surface area contributed by atoms with Gasteiger partial charge in [0.15, 0.2) is 0 Å². The highest BCUT2D eigenvalue weighted by atomic mass is 79.9. The van der Waals surface area contributed by atoms with Crippen LogP contribution in [0, 0.1) is 5.92 Å². The fourth-order valence-electron chi connectivity index (χ4n) is 3.16. The molecule has 0 radical (unpaired) electrons. The Kier molecular flexibility index (Phi) is 5.08. The number of aliphatic carboxylic acids is 1. The monoisotopic (exact) mass is 393 g/mol. The van der Waals surface area contributed by atoms with Crippen molar-refractivity contribution >= 4 is 38.8 Å². The average molecular weight is 394 g/mol. The molecule has 1 aliphatic carbocycles. The highest BCUT2D eigenvalue weighted by molar-refractivity contribution is 9.10. The van der Waals surface area contributed by atoms with Crippen molar-refractivity contribution in [2.45, 2.75) is 38.3 Å². The Morgan fingerprint density at radius 2 is 1.96 bits per heavy atom. The van der Waals surface area contributed by atoms with Crippen LogP contribution in [0.2, 0.25) is 0 Å². The van der Waals surface area contributed by atoms with Crippen LogP contribution in [-0.4, -0.2) is 28.1 Å². The molecule has 7 heteroatoms. The first kappa shape index (κ1) is 16.8. The molecule has 2 amide bonds. The molecule has 0 bridgehead atoms.